The lowest BCUT2D eigenvalue weighted by molar-refractivity contribution is 0.243. The van der Waals surface area contributed by atoms with Gasteiger partial charge in [0.2, 0.25) is 0 Å². The second-order valence-electron chi connectivity index (χ2n) is 4.36. The molecule has 2 aromatic rings. The standard InChI is InChI=1S/C16H16BrFO3/c1-2-20-15-5-3-4-11(9-19)16(15)21-10-12-6-7-13(18)8-14(12)17/h3-8,19H,2,9-10H2,1H3. The van der Waals surface area contributed by atoms with Crippen molar-refractivity contribution in [2.24, 2.45) is 0 Å². The van der Waals surface area contributed by atoms with E-state index in [0.717, 1.165) is 5.56 Å². The van der Waals surface area contributed by atoms with Crippen molar-refractivity contribution >= 4 is 15.9 Å². The molecular weight excluding hydrogens is 339 g/mol. The summed E-state index contributed by atoms with van der Waals surface area (Å²) in [5.74, 6) is 0.789. The average Bonchev–Trinajstić information content (AvgIpc) is 2.47. The van der Waals surface area contributed by atoms with E-state index < -0.39 is 0 Å². The van der Waals surface area contributed by atoms with Crippen molar-refractivity contribution in [3.8, 4) is 11.5 Å². The fourth-order valence-electron chi connectivity index (χ4n) is 1.91. The third kappa shape index (κ3) is 3.95. The van der Waals surface area contributed by atoms with Gasteiger partial charge in [-0.25, -0.2) is 4.39 Å². The molecule has 2 aromatic carbocycles. The number of hydrogen-bond acceptors (Lipinski definition) is 3. The van der Waals surface area contributed by atoms with Crippen molar-refractivity contribution in [3.05, 3.63) is 57.8 Å². The Hall–Kier alpha value is -1.59. The number of rotatable bonds is 6. The number of ether oxygens (including phenoxy) is 2. The summed E-state index contributed by atoms with van der Waals surface area (Å²) in [6.45, 7) is 2.50. The number of aliphatic hydroxyl groups is 1. The summed E-state index contributed by atoms with van der Waals surface area (Å²) < 4.78 is 25.0. The van der Waals surface area contributed by atoms with Crippen LogP contribution in [0.15, 0.2) is 40.9 Å². The number of para-hydroxylation sites is 1. The third-order valence-corrected chi connectivity index (χ3v) is 3.66. The van der Waals surface area contributed by atoms with E-state index in [4.69, 9.17) is 9.47 Å². The van der Waals surface area contributed by atoms with Crippen molar-refractivity contribution in [3.63, 3.8) is 0 Å². The molecule has 21 heavy (non-hydrogen) atoms. The molecule has 0 saturated heterocycles. The number of benzene rings is 2. The van der Waals surface area contributed by atoms with E-state index in [-0.39, 0.29) is 19.0 Å². The summed E-state index contributed by atoms with van der Waals surface area (Å²) in [4.78, 5) is 0. The molecule has 0 amide bonds. The van der Waals surface area contributed by atoms with Crippen LogP contribution in [0.25, 0.3) is 0 Å². The van der Waals surface area contributed by atoms with Gasteiger partial charge in [-0.2, -0.15) is 0 Å². The van der Waals surface area contributed by atoms with Gasteiger partial charge in [-0.1, -0.05) is 34.1 Å². The zero-order valence-corrected chi connectivity index (χ0v) is 13.2. The zero-order chi connectivity index (χ0) is 15.2. The van der Waals surface area contributed by atoms with E-state index in [1.165, 1.54) is 12.1 Å². The van der Waals surface area contributed by atoms with Gasteiger partial charge in [0.25, 0.3) is 0 Å². The second kappa shape index (κ2) is 7.43. The summed E-state index contributed by atoms with van der Waals surface area (Å²) >= 11 is 3.30. The van der Waals surface area contributed by atoms with Crippen LogP contribution < -0.4 is 9.47 Å². The fourth-order valence-corrected chi connectivity index (χ4v) is 2.37. The number of aliphatic hydroxyl groups excluding tert-OH is 1. The van der Waals surface area contributed by atoms with Crippen molar-refractivity contribution in [1.82, 2.24) is 0 Å². The monoisotopic (exact) mass is 354 g/mol. The van der Waals surface area contributed by atoms with Crippen LogP contribution in [-0.2, 0) is 13.2 Å². The van der Waals surface area contributed by atoms with Gasteiger partial charge in [-0.3, -0.25) is 0 Å². The quantitative estimate of drug-likeness (QED) is 0.850. The molecule has 112 valence electrons. The zero-order valence-electron chi connectivity index (χ0n) is 11.6. The predicted molar refractivity (Wildman–Crippen MR) is 82.0 cm³/mol. The third-order valence-electron chi connectivity index (χ3n) is 2.92. The Morgan fingerprint density at radius 2 is 1.95 bits per heavy atom. The Labute approximate surface area is 131 Å². The molecule has 0 fully saturated rings. The molecule has 0 unspecified atom stereocenters. The highest BCUT2D eigenvalue weighted by atomic mass is 79.9. The molecule has 1 N–H and O–H groups in total. The largest absolute Gasteiger partial charge is 0.490 e. The van der Waals surface area contributed by atoms with Crippen molar-refractivity contribution < 1.29 is 19.0 Å². The summed E-state index contributed by atoms with van der Waals surface area (Å²) in [5.41, 5.74) is 1.46. The first kappa shape index (κ1) is 15.8. The molecule has 2 rings (SSSR count). The Bertz CT molecular complexity index is 616. The van der Waals surface area contributed by atoms with Gasteiger partial charge in [0.05, 0.1) is 13.2 Å². The maximum atomic E-state index is 13.1. The molecule has 0 bridgehead atoms. The minimum absolute atomic E-state index is 0.138. The first-order valence-electron chi connectivity index (χ1n) is 6.58. The minimum Gasteiger partial charge on any atom is -0.490 e. The van der Waals surface area contributed by atoms with Gasteiger partial charge in [0.15, 0.2) is 11.5 Å². The maximum Gasteiger partial charge on any atom is 0.167 e. The molecule has 0 heterocycles. The molecule has 0 radical (unpaired) electrons. The van der Waals surface area contributed by atoms with Crippen LogP contribution >= 0.6 is 15.9 Å². The maximum absolute atomic E-state index is 13.1. The lowest BCUT2D eigenvalue weighted by Crippen LogP contribution is -2.03. The lowest BCUT2D eigenvalue weighted by Gasteiger charge is -2.15. The Morgan fingerprint density at radius 1 is 1.14 bits per heavy atom. The van der Waals surface area contributed by atoms with E-state index in [1.54, 1.807) is 24.3 Å². The Morgan fingerprint density at radius 3 is 2.62 bits per heavy atom. The van der Waals surface area contributed by atoms with E-state index in [9.17, 15) is 9.50 Å². The molecular formula is C16H16BrFO3. The molecule has 0 saturated carbocycles. The van der Waals surface area contributed by atoms with Crippen molar-refractivity contribution in [1.29, 1.82) is 0 Å². The van der Waals surface area contributed by atoms with Crippen LogP contribution in [0.5, 0.6) is 11.5 Å². The van der Waals surface area contributed by atoms with Gasteiger partial charge in [-0.05, 0) is 25.1 Å². The highest BCUT2D eigenvalue weighted by Gasteiger charge is 2.11. The van der Waals surface area contributed by atoms with E-state index >= 15 is 0 Å². The van der Waals surface area contributed by atoms with Crippen molar-refractivity contribution in [2.45, 2.75) is 20.1 Å². The molecule has 0 atom stereocenters. The topological polar surface area (TPSA) is 38.7 Å². The van der Waals surface area contributed by atoms with Gasteiger partial charge in [0, 0.05) is 15.6 Å². The van der Waals surface area contributed by atoms with Crippen LogP contribution in [0, 0.1) is 5.82 Å². The molecule has 0 aliphatic rings. The smallest absolute Gasteiger partial charge is 0.167 e. The highest BCUT2D eigenvalue weighted by molar-refractivity contribution is 9.10. The van der Waals surface area contributed by atoms with Gasteiger partial charge >= 0.3 is 0 Å². The molecule has 0 aliphatic carbocycles. The van der Waals surface area contributed by atoms with E-state index in [2.05, 4.69) is 15.9 Å². The van der Waals surface area contributed by atoms with Gasteiger partial charge < -0.3 is 14.6 Å². The Kier molecular flexibility index (Phi) is 5.59. The van der Waals surface area contributed by atoms with Crippen LogP contribution in [0.2, 0.25) is 0 Å². The van der Waals surface area contributed by atoms with Crippen LogP contribution in [0.4, 0.5) is 4.39 Å². The van der Waals surface area contributed by atoms with Gasteiger partial charge in [-0.15, -0.1) is 0 Å². The second-order valence-corrected chi connectivity index (χ2v) is 5.21. The van der Waals surface area contributed by atoms with Crippen LogP contribution in [0.1, 0.15) is 18.1 Å². The van der Waals surface area contributed by atoms with Crippen molar-refractivity contribution in [2.75, 3.05) is 6.61 Å². The van der Waals surface area contributed by atoms with Gasteiger partial charge in [0.1, 0.15) is 12.4 Å². The van der Waals surface area contributed by atoms with E-state index in [0.29, 0.717) is 28.1 Å². The predicted octanol–water partition coefficient (Wildman–Crippen LogP) is 4.06. The minimum atomic E-state index is -0.309. The molecule has 0 spiro atoms. The van der Waals surface area contributed by atoms with E-state index in [1.807, 2.05) is 6.92 Å². The first-order chi connectivity index (χ1) is 10.2. The first-order valence-corrected chi connectivity index (χ1v) is 7.37. The number of halogens is 2. The van der Waals surface area contributed by atoms with Crippen LogP contribution in [-0.4, -0.2) is 11.7 Å². The molecule has 3 nitrogen and oxygen atoms in total. The normalized spacial score (nSPS) is 10.5. The highest BCUT2D eigenvalue weighted by Crippen LogP contribution is 2.32. The van der Waals surface area contributed by atoms with Crippen LogP contribution in [0.3, 0.4) is 0 Å². The summed E-state index contributed by atoms with van der Waals surface area (Å²) in [5, 5.41) is 9.40. The number of hydrogen-bond donors (Lipinski definition) is 1. The summed E-state index contributed by atoms with van der Waals surface area (Å²) in [6.07, 6.45) is 0. The summed E-state index contributed by atoms with van der Waals surface area (Å²) in [6, 6.07) is 9.79. The lowest BCUT2D eigenvalue weighted by atomic mass is 10.2. The molecule has 5 heteroatoms. The fraction of sp³-hybridized carbons (Fsp3) is 0.250. The molecule has 0 aromatic heterocycles. The summed E-state index contributed by atoms with van der Waals surface area (Å²) in [7, 11) is 0. The molecule has 0 aliphatic heterocycles. The SMILES string of the molecule is CCOc1cccc(CO)c1OCc1ccc(F)cc1Br. The Balaban J connectivity index is 2.22. The average molecular weight is 355 g/mol.